The van der Waals surface area contributed by atoms with Gasteiger partial charge in [-0.25, -0.2) is 18.6 Å². The number of nitrogens with one attached hydrogen (secondary N) is 2. The number of sulfonamides is 1. The van der Waals surface area contributed by atoms with Gasteiger partial charge in [0.05, 0.1) is 24.8 Å². The van der Waals surface area contributed by atoms with Gasteiger partial charge < -0.3 is 9.47 Å². The summed E-state index contributed by atoms with van der Waals surface area (Å²) in [5, 5.41) is 3.90. The quantitative estimate of drug-likeness (QED) is 0.330. The number of carbonyl (C=O) groups excluding carboxylic acids is 1. The van der Waals surface area contributed by atoms with Crippen LogP contribution in [0.5, 0.6) is 11.5 Å². The van der Waals surface area contributed by atoms with E-state index in [4.69, 9.17) is 9.47 Å². The van der Waals surface area contributed by atoms with E-state index in [0.717, 1.165) is 11.1 Å². The molecular weight excluding hydrogens is 466 g/mol. The van der Waals surface area contributed by atoms with Crippen LogP contribution < -0.4 is 19.6 Å². The topological polar surface area (TPSA) is 106 Å². The molecule has 0 aliphatic rings. The van der Waals surface area contributed by atoms with Gasteiger partial charge in [-0.2, -0.15) is 5.10 Å². The zero-order valence-corrected chi connectivity index (χ0v) is 21.0. The lowest BCUT2D eigenvalue weighted by Gasteiger charge is -2.12. The molecule has 3 aromatic carbocycles. The van der Waals surface area contributed by atoms with Crippen molar-refractivity contribution in [3.05, 3.63) is 88.5 Å². The summed E-state index contributed by atoms with van der Waals surface area (Å²) in [6.45, 7) is 5.31. The summed E-state index contributed by atoms with van der Waals surface area (Å²) < 4.78 is 38.9. The lowest BCUT2D eigenvalue weighted by atomic mass is 10.1. The van der Waals surface area contributed by atoms with Gasteiger partial charge >= 0.3 is 0 Å². The van der Waals surface area contributed by atoms with Crippen LogP contribution in [0.4, 0.5) is 0 Å². The molecule has 9 heteroatoms. The molecule has 2 N–H and O–H groups in total. The maximum atomic E-state index is 12.7. The van der Waals surface area contributed by atoms with Crippen LogP contribution in [0.25, 0.3) is 0 Å². The Morgan fingerprint density at radius 3 is 2.31 bits per heavy atom. The normalized spacial score (nSPS) is 11.4. The van der Waals surface area contributed by atoms with E-state index in [9.17, 15) is 13.2 Å². The number of methoxy groups -OCH3 is 1. The summed E-state index contributed by atoms with van der Waals surface area (Å²) in [5.41, 5.74) is 6.24. The van der Waals surface area contributed by atoms with E-state index in [-0.39, 0.29) is 4.90 Å². The van der Waals surface area contributed by atoms with Crippen molar-refractivity contribution in [3.63, 3.8) is 0 Å². The highest BCUT2D eigenvalue weighted by atomic mass is 32.2. The van der Waals surface area contributed by atoms with Crippen LogP contribution in [0.1, 0.15) is 27.8 Å². The first-order valence-electron chi connectivity index (χ1n) is 10.9. The Morgan fingerprint density at radius 2 is 1.66 bits per heavy atom. The largest absolute Gasteiger partial charge is 0.493 e. The average molecular weight is 496 g/mol. The number of hydrogen-bond acceptors (Lipinski definition) is 6. The Hall–Kier alpha value is -3.69. The van der Waals surface area contributed by atoms with E-state index in [1.165, 1.54) is 13.3 Å². The predicted octanol–water partition coefficient (Wildman–Crippen LogP) is 3.63. The van der Waals surface area contributed by atoms with Crippen LogP contribution in [0.3, 0.4) is 0 Å². The molecule has 0 aliphatic carbocycles. The minimum Gasteiger partial charge on any atom is -0.493 e. The third kappa shape index (κ3) is 7.14. The molecule has 3 aromatic rings. The first-order valence-corrected chi connectivity index (χ1v) is 12.4. The highest BCUT2D eigenvalue weighted by Gasteiger charge is 2.20. The van der Waals surface area contributed by atoms with Gasteiger partial charge in [0, 0.05) is 0 Å². The van der Waals surface area contributed by atoms with Crippen molar-refractivity contribution in [1.82, 2.24) is 10.1 Å². The highest BCUT2D eigenvalue weighted by molar-refractivity contribution is 7.89. The maximum absolute atomic E-state index is 12.7. The molecule has 35 heavy (non-hydrogen) atoms. The van der Waals surface area contributed by atoms with Crippen LogP contribution in [-0.4, -0.2) is 34.2 Å². The Kier molecular flexibility index (Phi) is 8.62. The van der Waals surface area contributed by atoms with Crippen molar-refractivity contribution in [3.8, 4) is 11.5 Å². The molecule has 0 aliphatic heterocycles. The van der Waals surface area contributed by atoms with Crippen LogP contribution in [0.2, 0.25) is 0 Å². The van der Waals surface area contributed by atoms with Gasteiger partial charge in [0.1, 0.15) is 6.61 Å². The number of carbonyl (C=O) groups is 1. The number of benzene rings is 3. The number of nitrogens with zero attached hydrogens (tertiary/aromatic N) is 1. The standard InChI is InChI=1S/C26H29N3O5S/c1-18-12-19(2)26(20(3)13-18)35(31,32)28-16-25(30)29-27-15-22-10-11-23(24(14-22)33-4)34-17-21-8-6-5-7-9-21/h5-15,28H,16-17H2,1-4H3,(H,29,30)/b27-15-. The van der Waals surface area contributed by atoms with E-state index in [1.54, 1.807) is 44.2 Å². The monoisotopic (exact) mass is 495 g/mol. The van der Waals surface area contributed by atoms with Gasteiger partial charge in [0.2, 0.25) is 10.0 Å². The molecule has 0 fully saturated rings. The van der Waals surface area contributed by atoms with Gasteiger partial charge in [-0.05, 0) is 61.2 Å². The first-order chi connectivity index (χ1) is 16.7. The van der Waals surface area contributed by atoms with Gasteiger partial charge in [-0.3, -0.25) is 4.79 Å². The molecule has 3 rings (SSSR count). The summed E-state index contributed by atoms with van der Waals surface area (Å²) in [6.07, 6.45) is 1.43. The molecule has 0 unspecified atom stereocenters. The molecule has 0 spiro atoms. The molecule has 0 aromatic heterocycles. The van der Waals surface area contributed by atoms with Crippen molar-refractivity contribution in [2.24, 2.45) is 5.10 Å². The van der Waals surface area contributed by atoms with Crippen LogP contribution in [0, 0.1) is 20.8 Å². The third-order valence-corrected chi connectivity index (χ3v) is 6.83. The van der Waals surface area contributed by atoms with Crippen molar-refractivity contribution in [2.75, 3.05) is 13.7 Å². The first kappa shape index (κ1) is 25.9. The number of aryl methyl sites for hydroxylation is 3. The minimum absolute atomic E-state index is 0.182. The second-order valence-electron chi connectivity index (χ2n) is 8.03. The lowest BCUT2D eigenvalue weighted by Crippen LogP contribution is -2.35. The van der Waals surface area contributed by atoms with Gasteiger partial charge in [-0.1, -0.05) is 48.0 Å². The SMILES string of the molecule is COc1cc(/C=N\NC(=O)CNS(=O)(=O)c2c(C)cc(C)cc2C)ccc1OCc1ccccc1. The number of hydrazone groups is 1. The van der Waals surface area contributed by atoms with Crippen molar-refractivity contribution >= 4 is 22.1 Å². The number of amides is 1. The summed E-state index contributed by atoms with van der Waals surface area (Å²) >= 11 is 0. The van der Waals surface area contributed by atoms with Crippen molar-refractivity contribution < 1.29 is 22.7 Å². The lowest BCUT2D eigenvalue weighted by molar-refractivity contribution is -0.119. The Morgan fingerprint density at radius 1 is 0.971 bits per heavy atom. The van der Waals surface area contributed by atoms with E-state index < -0.39 is 22.5 Å². The van der Waals surface area contributed by atoms with Gasteiger partial charge in [0.25, 0.3) is 5.91 Å². The Balaban J connectivity index is 1.56. The number of ether oxygens (including phenoxy) is 2. The molecule has 0 saturated carbocycles. The summed E-state index contributed by atoms with van der Waals surface area (Å²) in [5.74, 6) is 0.503. The summed E-state index contributed by atoms with van der Waals surface area (Å²) in [6, 6.07) is 18.6. The van der Waals surface area contributed by atoms with E-state index in [0.29, 0.717) is 34.8 Å². The molecule has 1 amide bonds. The average Bonchev–Trinajstić information content (AvgIpc) is 2.81. The fraction of sp³-hybridized carbons (Fsp3) is 0.231. The number of hydrogen-bond donors (Lipinski definition) is 2. The van der Waals surface area contributed by atoms with E-state index in [1.807, 2.05) is 37.3 Å². The fourth-order valence-electron chi connectivity index (χ4n) is 3.66. The molecule has 0 atom stereocenters. The van der Waals surface area contributed by atoms with Gasteiger partial charge in [-0.15, -0.1) is 0 Å². The van der Waals surface area contributed by atoms with Crippen molar-refractivity contribution in [2.45, 2.75) is 32.3 Å². The van der Waals surface area contributed by atoms with Crippen molar-refractivity contribution in [1.29, 1.82) is 0 Å². The second kappa shape index (κ2) is 11.6. The molecule has 184 valence electrons. The zero-order chi connectivity index (χ0) is 25.4. The number of rotatable bonds is 10. The smallest absolute Gasteiger partial charge is 0.255 e. The molecule has 0 heterocycles. The molecule has 0 saturated heterocycles. The fourth-order valence-corrected chi connectivity index (χ4v) is 5.09. The zero-order valence-electron chi connectivity index (χ0n) is 20.2. The van der Waals surface area contributed by atoms with Crippen LogP contribution >= 0.6 is 0 Å². The van der Waals surface area contributed by atoms with Crippen LogP contribution in [0.15, 0.2) is 70.7 Å². The third-order valence-electron chi connectivity index (χ3n) is 5.12. The molecule has 0 radical (unpaired) electrons. The molecule has 8 nitrogen and oxygen atoms in total. The van der Waals surface area contributed by atoms with Crippen LogP contribution in [-0.2, 0) is 21.4 Å². The predicted molar refractivity (Wildman–Crippen MR) is 135 cm³/mol. The van der Waals surface area contributed by atoms with E-state index >= 15 is 0 Å². The Bertz CT molecular complexity index is 1300. The summed E-state index contributed by atoms with van der Waals surface area (Å²) in [7, 11) is -2.30. The van der Waals surface area contributed by atoms with Gasteiger partial charge in [0.15, 0.2) is 11.5 Å². The highest BCUT2D eigenvalue weighted by Crippen LogP contribution is 2.28. The maximum Gasteiger partial charge on any atom is 0.255 e. The van der Waals surface area contributed by atoms with E-state index in [2.05, 4.69) is 15.2 Å². The minimum atomic E-state index is -3.84. The second-order valence-corrected chi connectivity index (χ2v) is 9.73. The molecular formula is C26H29N3O5S. The summed E-state index contributed by atoms with van der Waals surface area (Å²) in [4.78, 5) is 12.3. The molecule has 0 bridgehead atoms. The Labute approximate surface area is 206 Å².